The Morgan fingerprint density at radius 3 is 3.14 bits per heavy atom. The molecule has 1 amide bonds. The summed E-state index contributed by atoms with van der Waals surface area (Å²) >= 11 is 4.67. The van der Waals surface area contributed by atoms with Gasteiger partial charge in [0.1, 0.15) is 4.83 Å². The van der Waals surface area contributed by atoms with Crippen molar-refractivity contribution in [1.29, 1.82) is 0 Å². The number of fused-ring (bicyclic) bond motifs is 3. The maximum Gasteiger partial charge on any atom is 0.265 e. The second-order valence-electron chi connectivity index (χ2n) is 4.65. The van der Waals surface area contributed by atoms with E-state index in [0.29, 0.717) is 4.88 Å². The molecule has 7 heteroatoms. The number of carbonyl (C=O) groups excluding carboxylic acids is 1. The van der Waals surface area contributed by atoms with Crippen LogP contribution in [0.2, 0.25) is 0 Å². The predicted octanol–water partition coefficient (Wildman–Crippen LogP) is 4.58. The zero-order chi connectivity index (χ0) is 15.1. The molecule has 22 heavy (non-hydrogen) atoms. The minimum Gasteiger partial charge on any atom is -0.321 e. The number of rotatable bonds is 3. The number of hydrogen-bond donors (Lipinski definition) is 1. The molecular weight excluding hydrogens is 334 g/mol. The van der Waals surface area contributed by atoms with E-state index in [1.165, 1.54) is 11.3 Å². The van der Waals surface area contributed by atoms with E-state index in [1.54, 1.807) is 23.1 Å². The van der Waals surface area contributed by atoms with Gasteiger partial charge in [-0.05, 0) is 30.5 Å². The molecule has 0 saturated carbocycles. The maximum atomic E-state index is 12.4. The summed E-state index contributed by atoms with van der Waals surface area (Å²) in [6.45, 7) is 0. The molecule has 0 saturated heterocycles. The number of thioether (sulfide) groups is 1. The van der Waals surface area contributed by atoms with Gasteiger partial charge in [-0.3, -0.25) is 9.20 Å². The van der Waals surface area contributed by atoms with E-state index < -0.39 is 0 Å². The summed E-state index contributed by atoms with van der Waals surface area (Å²) in [6, 6.07) is 9.74. The molecule has 4 aromatic rings. The number of nitrogens with zero attached hydrogens (tertiary/aromatic N) is 2. The first-order valence-electron chi connectivity index (χ1n) is 6.55. The van der Waals surface area contributed by atoms with Gasteiger partial charge in [0.2, 0.25) is 0 Å². The third-order valence-corrected chi connectivity index (χ3v) is 5.79. The van der Waals surface area contributed by atoms with Crippen molar-refractivity contribution < 1.29 is 4.79 Å². The highest BCUT2D eigenvalue weighted by atomic mass is 32.2. The fourth-order valence-corrected chi connectivity index (χ4v) is 4.41. The third kappa shape index (κ3) is 2.31. The number of imidazole rings is 1. The van der Waals surface area contributed by atoms with E-state index in [1.807, 2.05) is 52.6 Å². The zero-order valence-corrected chi connectivity index (χ0v) is 14.0. The Morgan fingerprint density at radius 1 is 1.36 bits per heavy atom. The SMILES string of the molecule is CSc1cccc(NC(=O)c2cc3c(nc4sccn43)s2)c1. The lowest BCUT2D eigenvalue weighted by Gasteiger charge is -2.04. The van der Waals surface area contributed by atoms with E-state index >= 15 is 0 Å². The summed E-state index contributed by atoms with van der Waals surface area (Å²) in [5.74, 6) is -0.0924. The molecule has 0 fully saturated rings. The predicted molar refractivity (Wildman–Crippen MR) is 94.6 cm³/mol. The lowest BCUT2D eigenvalue weighted by molar-refractivity contribution is 0.103. The van der Waals surface area contributed by atoms with Crippen LogP contribution in [0.5, 0.6) is 0 Å². The van der Waals surface area contributed by atoms with Gasteiger partial charge in [-0.25, -0.2) is 4.98 Å². The van der Waals surface area contributed by atoms with Crippen molar-refractivity contribution in [2.24, 2.45) is 0 Å². The Kier molecular flexibility index (Phi) is 3.40. The molecule has 3 aromatic heterocycles. The summed E-state index contributed by atoms with van der Waals surface area (Å²) in [6.07, 6.45) is 3.99. The number of nitrogens with one attached hydrogen (secondary N) is 1. The van der Waals surface area contributed by atoms with E-state index in [2.05, 4.69) is 10.3 Å². The monoisotopic (exact) mass is 345 g/mol. The number of aromatic nitrogens is 2. The first-order valence-corrected chi connectivity index (χ1v) is 9.47. The van der Waals surface area contributed by atoms with Crippen LogP contribution in [0, 0.1) is 0 Å². The molecule has 0 spiro atoms. The Balaban J connectivity index is 1.65. The fraction of sp³-hybridized carbons (Fsp3) is 0.0667. The molecule has 0 aliphatic rings. The zero-order valence-electron chi connectivity index (χ0n) is 11.6. The highest BCUT2D eigenvalue weighted by Crippen LogP contribution is 2.29. The topological polar surface area (TPSA) is 46.4 Å². The molecular formula is C15H11N3OS3. The van der Waals surface area contributed by atoms with E-state index in [-0.39, 0.29) is 5.91 Å². The molecule has 3 heterocycles. The summed E-state index contributed by atoms with van der Waals surface area (Å²) in [7, 11) is 0. The van der Waals surface area contributed by atoms with Gasteiger partial charge in [-0.15, -0.1) is 34.4 Å². The third-order valence-electron chi connectivity index (χ3n) is 3.29. The van der Waals surface area contributed by atoms with Crippen LogP contribution >= 0.6 is 34.4 Å². The second-order valence-corrected chi connectivity index (χ2v) is 7.44. The van der Waals surface area contributed by atoms with Gasteiger partial charge < -0.3 is 5.32 Å². The molecule has 110 valence electrons. The number of hydrogen-bond acceptors (Lipinski definition) is 5. The number of anilines is 1. The molecule has 0 atom stereocenters. The van der Waals surface area contributed by atoms with Crippen molar-refractivity contribution in [3.8, 4) is 0 Å². The van der Waals surface area contributed by atoms with Crippen molar-refractivity contribution in [2.75, 3.05) is 11.6 Å². The molecule has 4 rings (SSSR count). The highest BCUT2D eigenvalue weighted by molar-refractivity contribution is 7.98. The van der Waals surface area contributed by atoms with Crippen LogP contribution in [-0.2, 0) is 0 Å². The summed E-state index contributed by atoms with van der Waals surface area (Å²) in [5, 5.41) is 4.94. The summed E-state index contributed by atoms with van der Waals surface area (Å²) in [4.78, 5) is 20.6. The molecule has 4 nitrogen and oxygen atoms in total. The average Bonchev–Trinajstić information content (AvgIpc) is 3.18. The number of carbonyl (C=O) groups is 1. The average molecular weight is 345 g/mol. The van der Waals surface area contributed by atoms with Crippen molar-refractivity contribution in [2.45, 2.75) is 4.90 Å². The minimum absolute atomic E-state index is 0.0924. The first-order chi connectivity index (χ1) is 10.7. The van der Waals surface area contributed by atoms with Crippen LogP contribution in [0.15, 0.2) is 46.8 Å². The molecule has 0 unspecified atom stereocenters. The van der Waals surface area contributed by atoms with Crippen LogP contribution in [-0.4, -0.2) is 21.5 Å². The van der Waals surface area contributed by atoms with Crippen LogP contribution < -0.4 is 5.32 Å². The summed E-state index contributed by atoms with van der Waals surface area (Å²) < 4.78 is 2.02. The number of thiazole rings is 1. The quantitative estimate of drug-likeness (QED) is 0.553. The van der Waals surface area contributed by atoms with Crippen LogP contribution in [0.4, 0.5) is 5.69 Å². The molecule has 0 radical (unpaired) electrons. The van der Waals surface area contributed by atoms with E-state index in [4.69, 9.17) is 0 Å². The van der Waals surface area contributed by atoms with Crippen molar-refractivity contribution >= 4 is 61.3 Å². The number of benzene rings is 1. The molecule has 0 bridgehead atoms. The lowest BCUT2D eigenvalue weighted by Crippen LogP contribution is -2.09. The maximum absolute atomic E-state index is 12.4. The van der Waals surface area contributed by atoms with Crippen molar-refractivity contribution in [3.63, 3.8) is 0 Å². The molecule has 1 N–H and O–H groups in total. The minimum atomic E-state index is -0.0924. The van der Waals surface area contributed by atoms with Gasteiger partial charge in [0.15, 0.2) is 4.96 Å². The van der Waals surface area contributed by atoms with Gasteiger partial charge in [-0.2, -0.15) is 0 Å². The fourth-order valence-electron chi connectivity index (χ4n) is 2.25. The normalized spacial score (nSPS) is 11.3. The van der Waals surface area contributed by atoms with Gasteiger partial charge in [0, 0.05) is 22.2 Å². The number of amides is 1. The standard InChI is InChI=1S/C15H11N3OS3/c1-20-10-4-2-3-9(7-10)16-13(19)12-8-11-14(22-12)17-15-18(11)5-6-21-15/h2-8H,1H3,(H,16,19). The Morgan fingerprint density at radius 2 is 2.27 bits per heavy atom. The lowest BCUT2D eigenvalue weighted by atomic mass is 10.3. The van der Waals surface area contributed by atoms with Crippen LogP contribution in [0.3, 0.4) is 0 Å². The molecule has 0 aliphatic carbocycles. The van der Waals surface area contributed by atoms with Crippen LogP contribution in [0.25, 0.3) is 15.3 Å². The number of thiophene rings is 1. The molecule has 1 aromatic carbocycles. The van der Waals surface area contributed by atoms with Gasteiger partial charge in [0.25, 0.3) is 5.91 Å². The van der Waals surface area contributed by atoms with Crippen LogP contribution in [0.1, 0.15) is 9.67 Å². The summed E-state index contributed by atoms with van der Waals surface area (Å²) in [5.41, 5.74) is 1.80. The van der Waals surface area contributed by atoms with E-state index in [0.717, 1.165) is 25.9 Å². The van der Waals surface area contributed by atoms with Gasteiger partial charge in [0.05, 0.1) is 10.4 Å². The van der Waals surface area contributed by atoms with Crippen molar-refractivity contribution in [3.05, 3.63) is 46.8 Å². The Bertz CT molecular complexity index is 982. The van der Waals surface area contributed by atoms with Crippen molar-refractivity contribution in [1.82, 2.24) is 9.38 Å². The Labute approximate surface area is 138 Å². The van der Waals surface area contributed by atoms with E-state index in [9.17, 15) is 4.79 Å². The molecule has 0 aliphatic heterocycles. The largest absolute Gasteiger partial charge is 0.321 e. The van der Waals surface area contributed by atoms with Gasteiger partial charge >= 0.3 is 0 Å². The highest BCUT2D eigenvalue weighted by Gasteiger charge is 2.15. The van der Waals surface area contributed by atoms with Gasteiger partial charge in [-0.1, -0.05) is 6.07 Å². The smallest absolute Gasteiger partial charge is 0.265 e. The second kappa shape index (κ2) is 5.42. The Hall–Kier alpha value is -1.83. The first kappa shape index (κ1) is 13.8.